The summed E-state index contributed by atoms with van der Waals surface area (Å²) in [5, 5.41) is 0. The van der Waals surface area contributed by atoms with Crippen LogP contribution in [0.15, 0.2) is 30.3 Å². The van der Waals surface area contributed by atoms with Crippen LogP contribution in [0.4, 0.5) is 5.82 Å². The molecule has 2 aliphatic heterocycles. The molecule has 1 atom stereocenters. The first-order chi connectivity index (χ1) is 15.3. The van der Waals surface area contributed by atoms with Crippen molar-refractivity contribution in [2.75, 3.05) is 18.0 Å². The van der Waals surface area contributed by atoms with Gasteiger partial charge in [0.1, 0.15) is 5.82 Å². The van der Waals surface area contributed by atoms with Crippen LogP contribution in [0.5, 0.6) is 0 Å². The third kappa shape index (κ3) is 4.54. The number of amides is 2. The van der Waals surface area contributed by atoms with Crippen LogP contribution in [0.25, 0.3) is 0 Å². The molecule has 0 saturated carbocycles. The molecule has 1 saturated heterocycles. The van der Waals surface area contributed by atoms with Crippen molar-refractivity contribution in [3.8, 4) is 0 Å². The lowest BCUT2D eigenvalue weighted by atomic mass is 9.94. The fourth-order valence-corrected chi connectivity index (χ4v) is 4.78. The van der Waals surface area contributed by atoms with Crippen molar-refractivity contribution >= 4 is 17.6 Å². The van der Waals surface area contributed by atoms with Crippen LogP contribution in [-0.2, 0) is 22.4 Å². The predicted molar refractivity (Wildman–Crippen MR) is 125 cm³/mol. The minimum absolute atomic E-state index is 0.117. The fourth-order valence-electron chi connectivity index (χ4n) is 4.78. The molecule has 2 aromatic rings. The highest BCUT2D eigenvalue weighted by molar-refractivity contribution is 5.95. The number of rotatable bonds is 5. The van der Waals surface area contributed by atoms with Gasteiger partial charge in [0.25, 0.3) is 0 Å². The Bertz CT molecular complexity index is 997. The topological polar surface area (TPSA) is 66.4 Å². The van der Waals surface area contributed by atoms with Crippen molar-refractivity contribution in [2.45, 2.75) is 72.3 Å². The van der Waals surface area contributed by atoms with Crippen LogP contribution < -0.4 is 4.90 Å². The van der Waals surface area contributed by atoms with Crippen LogP contribution >= 0.6 is 0 Å². The van der Waals surface area contributed by atoms with E-state index in [1.165, 1.54) is 5.56 Å². The van der Waals surface area contributed by atoms with Gasteiger partial charge in [-0.05, 0) is 44.6 Å². The van der Waals surface area contributed by atoms with Gasteiger partial charge in [0, 0.05) is 36.2 Å². The van der Waals surface area contributed by atoms with E-state index in [2.05, 4.69) is 12.1 Å². The van der Waals surface area contributed by atoms with Crippen molar-refractivity contribution in [1.82, 2.24) is 14.9 Å². The third-order valence-electron chi connectivity index (χ3n) is 6.50. The van der Waals surface area contributed by atoms with Gasteiger partial charge in [0.15, 0.2) is 5.82 Å². The van der Waals surface area contributed by atoms with E-state index in [4.69, 9.17) is 9.97 Å². The molecule has 0 spiro atoms. The summed E-state index contributed by atoms with van der Waals surface area (Å²) in [6.07, 6.45) is 4.80. The highest BCUT2D eigenvalue weighted by Gasteiger charge is 2.38. The van der Waals surface area contributed by atoms with Crippen LogP contribution in [0, 0.1) is 12.3 Å². The zero-order chi connectivity index (χ0) is 22.9. The normalized spacial score (nSPS) is 18.8. The van der Waals surface area contributed by atoms with Crippen LogP contribution in [-0.4, -0.2) is 39.8 Å². The Balaban J connectivity index is 1.59. The summed E-state index contributed by atoms with van der Waals surface area (Å²) >= 11 is 0. The zero-order valence-corrected chi connectivity index (χ0v) is 19.7. The Morgan fingerprint density at radius 3 is 2.59 bits per heavy atom. The Kier molecular flexibility index (Phi) is 6.31. The average molecular weight is 435 g/mol. The second-order valence-electron chi connectivity index (χ2n) is 10.0. The van der Waals surface area contributed by atoms with Crippen molar-refractivity contribution in [3.63, 3.8) is 0 Å². The van der Waals surface area contributed by atoms with Gasteiger partial charge in [-0.1, -0.05) is 51.1 Å². The number of likely N-dealkylation sites (tertiary alicyclic amines) is 1. The summed E-state index contributed by atoms with van der Waals surface area (Å²) in [4.78, 5) is 39.4. The van der Waals surface area contributed by atoms with Gasteiger partial charge in [0.2, 0.25) is 11.8 Å². The van der Waals surface area contributed by atoms with Gasteiger partial charge in [-0.25, -0.2) is 9.97 Å². The number of aromatic nitrogens is 2. The van der Waals surface area contributed by atoms with E-state index in [0.29, 0.717) is 25.2 Å². The van der Waals surface area contributed by atoms with Crippen molar-refractivity contribution < 1.29 is 9.59 Å². The molecule has 1 aromatic heterocycles. The molecule has 6 heteroatoms. The van der Waals surface area contributed by atoms with Crippen molar-refractivity contribution in [1.29, 1.82) is 0 Å². The lowest BCUT2D eigenvalue weighted by molar-refractivity contribution is -0.140. The number of carbonyl (C=O) groups excluding carboxylic acids is 2. The van der Waals surface area contributed by atoms with E-state index in [1.54, 1.807) is 0 Å². The van der Waals surface area contributed by atoms with Gasteiger partial charge in [-0.3, -0.25) is 14.5 Å². The summed E-state index contributed by atoms with van der Waals surface area (Å²) in [5.41, 5.74) is 2.84. The van der Waals surface area contributed by atoms with Crippen LogP contribution in [0.2, 0.25) is 0 Å². The first-order valence-corrected chi connectivity index (χ1v) is 11.8. The lowest BCUT2D eigenvalue weighted by Crippen LogP contribution is -2.40. The highest BCUT2D eigenvalue weighted by Crippen LogP contribution is 2.36. The van der Waals surface area contributed by atoms with E-state index in [-0.39, 0.29) is 17.9 Å². The Morgan fingerprint density at radius 1 is 1.12 bits per heavy atom. The Hall–Kier alpha value is -2.76. The first kappa shape index (κ1) is 22.4. The quantitative estimate of drug-likeness (QED) is 0.699. The number of fused-ring (bicyclic) bond motifs is 1. The molecule has 2 amide bonds. The number of benzene rings is 1. The number of hydrogen-bond donors (Lipinski definition) is 0. The number of anilines is 1. The SMILES string of the molecule is Cc1nc([C@H]2CCCN2C(=O)C(C)(C)C)nc2c1CCC(=O)N2CCCc1ccccc1. The maximum absolute atomic E-state index is 13.0. The van der Waals surface area contributed by atoms with Crippen LogP contribution in [0.3, 0.4) is 0 Å². The summed E-state index contributed by atoms with van der Waals surface area (Å²) in [6, 6.07) is 10.2. The van der Waals surface area contributed by atoms with Gasteiger partial charge in [0.05, 0.1) is 6.04 Å². The third-order valence-corrected chi connectivity index (χ3v) is 6.50. The maximum Gasteiger partial charge on any atom is 0.228 e. The molecule has 4 rings (SSSR count). The van der Waals surface area contributed by atoms with E-state index in [1.807, 2.05) is 55.7 Å². The number of nitrogens with zero attached hydrogens (tertiary/aromatic N) is 4. The molecule has 170 valence electrons. The summed E-state index contributed by atoms with van der Waals surface area (Å²) in [6.45, 7) is 9.25. The molecule has 0 radical (unpaired) electrons. The second kappa shape index (κ2) is 9.00. The number of carbonyl (C=O) groups is 2. The van der Waals surface area contributed by atoms with Gasteiger partial charge < -0.3 is 4.90 Å². The van der Waals surface area contributed by atoms with Gasteiger partial charge in [-0.2, -0.15) is 0 Å². The average Bonchev–Trinajstić information content (AvgIpc) is 3.24. The first-order valence-electron chi connectivity index (χ1n) is 11.8. The van der Waals surface area contributed by atoms with E-state index < -0.39 is 5.41 Å². The van der Waals surface area contributed by atoms with E-state index in [0.717, 1.165) is 49.3 Å². The molecule has 1 fully saturated rings. The highest BCUT2D eigenvalue weighted by atomic mass is 16.2. The van der Waals surface area contributed by atoms with E-state index in [9.17, 15) is 9.59 Å². The molecule has 3 heterocycles. The Labute approximate surface area is 191 Å². The second-order valence-corrected chi connectivity index (χ2v) is 10.0. The van der Waals surface area contributed by atoms with Crippen LogP contribution in [0.1, 0.15) is 75.1 Å². The molecular weight excluding hydrogens is 400 g/mol. The molecule has 0 aliphatic carbocycles. The van der Waals surface area contributed by atoms with Crippen molar-refractivity contribution in [2.24, 2.45) is 5.41 Å². The van der Waals surface area contributed by atoms with E-state index >= 15 is 0 Å². The largest absolute Gasteiger partial charge is 0.332 e. The fraction of sp³-hybridized carbons (Fsp3) is 0.538. The smallest absolute Gasteiger partial charge is 0.228 e. The lowest BCUT2D eigenvalue weighted by Gasteiger charge is -2.33. The molecular formula is C26H34N4O2. The summed E-state index contributed by atoms with van der Waals surface area (Å²) < 4.78 is 0. The molecule has 0 bridgehead atoms. The monoisotopic (exact) mass is 434 g/mol. The molecule has 0 unspecified atom stereocenters. The summed E-state index contributed by atoms with van der Waals surface area (Å²) in [5.74, 6) is 1.70. The minimum atomic E-state index is -0.439. The minimum Gasteiger partial charge on any atom is -0.332 e. The number of hydrogen-bond acceptors (Lipinski definition) is 4. The standard InChI is InChI=1S/C26H34N4O2/c1-18-20-14-15-22(31)30(17-8-12-19-10-6-5-7-11-19)24(20)28-23(27-18)21-13-9-16-29(21)25(32)26(2,3)4/h5-7,10-11,21H,8-9,12-17H2,1-4H3/t21-/m1/s1. The number of aryl methyl sites for hydroxylation is 2. The summed E-state index contributed by atoms with van der Waals surface area (Å²) in [7, 11) is 0. The zero-order valence-electron chi connectivity index (χ0n) is 19.7. The molecule has 6 nitrogen and oxygen atoms in total. The molecule has 1 aromatic carbocycles. The molecule has 0 N–H and O–H groups in total. The predicted octanol–water partition coefficient (Wildman–Crippen LogP) is 4.41. The van der Waals surface area contributed by atoms with Gasteiger partial charge in [-0.15, -0.1) is 0 Å². The Morgan fingerprint density at radius 2 is 1.88 bits per heavy atom. The molecule has 32 heavy (non-hydrogen) atoms. The maximum atomic E-state index is 13.0. The van der Waals surface area contributed by atoms with Crippen molar-refractivity contribution in [3.05, 3.63) is 53.0 Å². The molecule has 2 aliphatic rings. The van der Waals surface area contributed by atoms with Gasteiger partial charge >= 0.3 is 0 Å².